The van der Waals surface area contributed by atoms with Crippen molar-refractivity contribution >= 4 is 23.0 Å². The lowest BCUT2D eigenvalue weighted by molar-refractivity contribution is -0.208. The van der Waals surface area contributed by atoms with Crippen LogP contribution in [-0.2, 0) is 0 Å². The number of ether oxygens (including phenoxy) is 2. The lowest BCUT2D eigenvalue weighted by Gasteiger charge is -2.10. The average molecular weight is 275 g/mol. The maximum absolute atomic E-state index is 5.76. The van der Waals surface area contributed by atoms with E-state index in [-0.39, 0.29) is 0 Å². The molecule has 0 atom stereocenters. The molecule has 0 saturated carbocycles. The second-order valence-corrected chi connectivity index (χ2v) is 4.32. The fourth-order valence-corrected chi connectivity index (χ4v) is 1.72. The van der Waals surface area contributed by atoms with Gasteiger partial charge in [-0.25, -0.2) is 0 Å². The van der Waals surface area contributed by atoms with Gasteiger partial charge in [0.25, 0.3) is 5.11 Å². The predicted molar refractivity (Wildman–Crippen MR) is 78.6 cm³/mol. The monoisotopic (exact) mass is 275 g/mol. The van der Waals surface area contributed by atoms with Gasteiger partial charge in [0.1, 0.15) is 5.75 Å². The van der Waals surface area contributed by atoms with Gasteiger partial charge in [-0.15, -0.1) is 0 Å². The topological polar surface area (TPSA) is 58.1 Å². The Morgan fingerprint density at radius 3 is 2.26 bits per heavy atom. The van der Waals surface area contributed by atoms with E-state index in [2.05, 4.69) is 11.1 Å². The van der Waals surface area contributed by atoms with Gasteiger partial charge in [0.05, 0.1) is 7.11 Å². The molecule has 0 aromatic heterocycles. The van der Waals surface area contributed by atoms with E-state index in [4.69, 9.17) is 21.7 Å². The molecule has 2 aromatic rings. The summed E-state index contributed by atoms with van der Waals surface area (Å²) in [6.45, 7) is 0. The molecule has 4 N–H and O–H groups in total. The Morgan fingerprint density at radius 1 is 1.05 bits per heavy atom. The Morgan fingerprint density at radius 2 is 1.68 bits per heavy atom. The molecule has 0 aliphatic heterocycles. The molecule has 4 nitrogen and oxygen atoms in total. The molecule has 0 bridgehead atoms. The molecule has 0 heterocycles. The zero-order valence-corrected chi connectivity index (χ0v) is 11.4. The normalized spacial score (nSPS) is 9.79. The van der Waals surface area contributed by atoms with Gasteiger partial charge < -0.3 is 20.5 Å². The van der Waals surface area contributed by atoms with Gasteiger partial charge in [-0.1, -0.05) is 12.1 Å². The van der Waals surface area contributed by atoms with E-state index in [0.29, 0.717) is 16.6 Å². The highest BCUT2D eigenvalue weighted by Gasteiger charge is 2.04. The van der Waals surface area contributed by atoms with Crippen LogP contribution in [0.2, 0.25) is 0 Å². The molecule has 0 aliphatic rings. The van der Waals surface area contributed by atoms with Crippen LogP contribution in [-0.4, -0.2) is 12.2 Å². The summed E-state index contributed by atoms with van der Waals surface area (Å²) in [5.41, 5.74) is 4.50. The van der Waals surface area contributed by atoms with Crippen LogP contribution < -0.4 is 20.5 Å². The van der Waals surface area contributed by atoms with Gasteiger partial charge >= 0.3 is 0 Å². The number of hydrogen-bond acceptors (Lipinski definition) is 3. The summed E-state index contributed by atoms with van der Waals surface area (Å²) >= 11 is 4.88. The van der Waals surface area contributed by atoms with Crippen LogP contribution >= 0.6 is 12.2 Å². The molecule has 5 heteroatoms. The fourth-order valence-electron chi connectivity index (χ4n) is 1.60. The van der Waals surface area contributed by atoms with Crippen molar-refractivity contribution in [3.8, 4) is 17.2 Å². The molecule has 0 saturated heterocycles. The molecule has 0 amide bonds. The van der Waals surface area contributed by atoms with E-state index in [1.807, 2.05) is 48.5 Å². The number of thiocarbonyl (C=S) groups is 1. The van der Waals surface area contributed by atoms with E-state index < -0.39 is 0 Å². The van der Waals surface area contributed by atoms with Crippen molar-refractivity contribution in [2.45, 2.75) is 0 Å². The first-order chi connectivity index (χ1) is 9.19. The lowest BCUT2D eigenvalue weighted by Crippen LogP contribution is -2.59. The smallest absolute Gasteiger partial charge is 0.269 e. The summed E-state index contributed by atoms with van der Waals surface area (Å²) < 4.78 is 11.0. The summed E-state index contributed by atoms with van der Waals surface area (Å²) in [4.78, 5) is 0. The molecule has 19 heavy (non-hydrogen) atoms. The van der Waals surface area contributed by atoms with Gasteiger partial charge in [-0.05, 0) is 36.4 Å². The van der Waals surface area contributed by atoms with E-state index in [0.717, 1.165) is 11.4 Å². The van der Waals surface area contributed by atoms with Crippen molar-refractivity contribution in [3.63, 3.8) is 0 Å². The van der Waals surface area contributed by atoms with Crippen molar-refractivity contribution < 1.29 is 15.2 Å². The molecule has 0 fully saturated rings. The van der Waals surface area contributed by atoms with E-state index in [9.17, 15) is 0 Å². The molecule has 0 spiro atoms. The minimum absolute atomic E-state index is 0.485. The third-order valence-corrected chi connectivity index (χ3v) is 2.54. The predicted octanol–water partition coefficient (Wildman–Crippen LogP) is 2.43. The van der Waals surface area contributed by atoms with Crippen LogP contribution in [0.3, 0.4) is 0 Å². The SMILES string of the molecule is COc1ccccc1Oc1ccc(NC([NH3+])=S)cc1. The number of rotatable bonds is 4. The molecular formula is C14H15N2O2S+. The van der Waals surface area contributed by atoms with Crippen LogP contribution in [0, 0.1) is 0 Å². The van der Waals surface area contributed by atoms with E-state index in [1.165, 1.54) is 0 Å². The molecule has 98 valence electrons. The number of benzene rings is 2. The number of anilines is 1. The van der Waals surface area contributed by atoms with Gasteiger partial charge in [-0.2, -0.15) is 0 Å². The third kappa shape index (κ3) is 3.67. The number of hydrogen-bond donors (Lipinski definition) is 2. The third-order valence-electron chi connectivity index (χ3n) is 2.43. The molecule has 2 aromatic carbocycles. The van der Waals surface area contributed by atoms with Gasteiger partial charge in [0, 0.05) is 17.9 Å². The summed E-state index contributed by atoms with van der Waals surface area (Å²) in [6.07, 6.45) is 0. The number of para-hydroxylation sites is 2. The second-order valence-electron chi connectivity index (χ2n) is 3.83. The summed E-state index contributed by atoms with van der Waals surface area (Å²) in [5, 5.41) is 3.44. The standard InChI is InChI=1S/C14H14N2O2S/c1-17-12-4-2-3-5-13(12)18-11-8-6-10(7-9-11)16-14(15)19/h2-9H,1H3,(H3,15,16,19)/p+1. The Hall–Kier alpha value is -2.11. The minimum Gasteiger partial charge on any atom is -0.493 e. The summed E-state index contributed by atoms with van der Waals surface area (Å²) in [6, 6.07) is 15.0. The first kappa shape index (κ1) is 13.3. The van der Waals surface area contributed by atoms with Crippen molar-refractivity contribution in [2.75, 3.05) is 12.4 Å². The van der Waals surface area contributed by atoms with Crippen molar-refractivity contribution in [1.29, 1.82) is 0 Å². The molecule has 0 aliphatic carbocycles. The van der Waals surface area contributed by atoms with Gasteiger partial charge in [0.2, 0.25) is 0 Å². The van der Waals surface area contributed by atoms with Crippen LogP contribution in [0.15, 0.2) is 48.5 Å². The van der Waals surface area contributed by atoms with Crippen LogP contribution in [0.1, 0.15) is 0 Å². The Bertz CT molecular complexity index is 570. The van der Waals surface area contributed by atoms with Crippen molar-refractivity contribution in [2.24, 2.45) is 0 Å². The Labute approximate surface area is 117 Å². The fraction of sp³-hybridized carbons (Fsp3) is 0.0714. The minimum atomic E-state index is 0.485. The maximum atomic E-state index is 5.76. The maximum Gasteiger partial charge on any atom is 0.269 e. The second kappa shape index (κ2) is 6.17. The Balaban J connectivity index is 2.13. The highest BCUT2D eigenvalue weighted by Crippen LogP contribution is 2.31. The Kier molecular flexibility index (Phi) is 4.33. The molecule has 0 radical (unpaired) electrons. The quantitative estimate of drug-likeness (QED) is 0.841. The van der Waals surface area contributed by atoms with Crippen LogP contribution in [0.25, 0.3) is 0 Å². The lowest BCUT2D eigenvalue weighted by atomic mass is 10.3. The zero-order valence-electron chi connectivity index (χ0n) is 10.6. The average Bonchev–Trinajstić information content (AvgIpc) is 2.41. The summed E-state index contributed by atoms with van der Waals surface area (Å²) in [5.74, 6) is 2.10. The van der Waals surface area contributed by atoms with Crippen molar-refractivity contribution in [3.05, 3.63) is 48.5 Å². The van der Waals surface area contributed by atoms with Crippen LogP contribution in [0.5, 0.6) is 17.2 Å². The number of quaternary nitrogens is 1. The van der Waals surface area contributed by atoms with Crippen LogP contribution in [0.4, 0.5) is 5.69 Å². The molecule has 2 rings (SSSR count). The molecular weight excluding hydrogens is 260 g/mol. The first-order valence-electron chi connectivity index (χ1n) is 5.73. The highest BCUT2D eigenvalue weighted by molar-refractivity contribution is 7.80. The first-order valence-corrected chi connectivity index (χ1v) is 6.14. The summed E-state index contributed by atoms with van der Waals surface area (Å²) in [7, 11) is 1.62. The van der Waals surface area contributed by atoms with E-state index in [1.54, 1.807) is 7.11 Å². The number of methoxy groups -OCH3 is 1. The molecule has 0 unspecified atom stereocenters. The van der Waals surface area contributed by atoms with E-state index >= 15 is 0 Å². The zero-order chi connectivity index (χ0) is 13.7. The highest BCUT2D eigenvalue weighted by atomic mass is 32.1. The largest absolute Gasteiger partial charge is 0.493 e. The number of nitrogens with one attached hydrogen (secondary N) is 1. The van der Waals surface area contributed by atoms with Gasteiger partial charge in [-0.3, -0.25) is 0 Å². The van der Waals surface area contributed by atoms with Crippen molar-refractivity contribution in [1.82, 2.24) is 0 Å². The van der Waals surface area contributed by atoms with Gasteiger partial charge in [0.15, 0.2) is 11.5 Å².